The van der Waals surface area contributed by atoms with Crippen LogP contribution in [-0.2, 0) is 12.0 Å². The number of hydrogen-bond donors (Lipinski definition) is 1. The van der Waals surface area contributed by atoms with Gasteiger partial charge in [0.25, 0.3) is 0 Å². The van der Waals surface area contributed by atoms with E-state index in [1.54, 1.807) is 11.9 Å². The summed E-state index contributed by atoms with van der Waals surface area (Å²) in [6, 6.07) is 17.3. The fraction of sp³-hybridized carbons (Fsp3) is 0.455. The SMILES string of the molecule is CCc1ccc(C(C)(C)NSc2cccc(OC3CCCC3)c2)cc1. The van der Waals surface area contributed by atoms with Crippen LogP contribution in [0.1, 0.15) is 57.6 Å². The second-order valence-electron chi connectivity index (χ2n) is 7.38. The Morgan fingerprint density at radius 1 is 1.08 bits per heavy atom. The highest BCUT2D eigenvalue weighted by atomic mass is 32.2. The highest BCUT2D eigenvalue weighted by Crippen LogP contribution is 2.30. The van der Waals surface area contributed by atoms with Gasteiger partial charge in [0, 0.05) is 10.4 Å². The van der Waals surface area contributed by atoms with Crippen LogP contribution in [0.5, 0.6) is 5.75 Å². The van der Waals surface area contributed by atoms with Crippen LogP contribution in [-0.4, -0.2) is 6.10 Å². The van der Waals surface area contributed by atoms with Crippen molar-refractivity contribution in [2.45, 2.75) is 69.4 Å². The van der Waals surface area contributed by atoms with Gasteiger partial charge in [0.2, 0.25) is 0 Å². The molecule has 0 radical (unpaired) electrons. The molecule has 0 spiro atoms. The molecular formula is C22H29NOS. The molecule has 0 aromatic heterocycles. The number of rotatable bonds is 7. The lowest BCUT2D eigenvalue weighted by Crippen LogP contribution is -2.31. The molecule has 0 amide bonds. The first-order valence-corrected chi connectivity index (χ1v) is 10.2. The molecule has 134 valence electrons. The molecule has 1 aliphatic carbocycles. The van der Waals surface area contributed by atoms with Gasteiger partial charge in [-0.1, -0.05) is 37.3 Å². The van der Waals surface area contributed by atoms with E-state index >= 15 is 0 Å². The molecule has 0 atom stereocenters. The van der Waals surface area contributed by atoms with E-state index in [4.69, 9.17) is 4.74 Å². The molecule has 1 fully saturated rings. The molecule has 2 aromatic rings. The Kier molecular flexibility index (Phi) is 6.08. The van der Waals surface area contributed by atoms with Crippen molar-refractivity contribution in [2.24, 2.45) is 0 Å². The summed E-state index contributed by atoms with van der Waals surface area (Å²) in [6.07, 6.45) is 6.46. The summed E-state index contributed by atoms with van der Waals surface area (Å²) in [4.78, 5) is 1.19. The lowest BCUT2D eigenvalue weighted by atomic mass is 9.94. The van der Waals surface area contributed by atoms with Crippen LogP contribution in [0.15, 0.2) is 53.4 Å². The molecule has 1 N–H and O–H groups in total. The van der Waals surface area contributed by atoms with Gasteiger partial charge in [-0.2, -0.15) is 0 Å². The lowest BCUT2D eigenvalue weighted by molar-refractivity contribution is 0.209. The fourth-order valence-corrected chi connectivity index (χ4v) is 4.02. The Balaban J connectivity index is 1.61. The first-order valence-electron chi connectivity index (χ1n) is 9.37. The van der Waals surface area contributed by atoms with Crippen LogP contribution >= 0.6 is 11.9 Å². The summed E-state index contributed by atoms with van der Waals surface area (Å²) in [7, 11) is 0. The van der Waals surface area contributed by atoms with Crippen molar-refractivity contribution < 1.29 is 4.74 Å². The number of hydrogen-bond acceptors (Lipinski definition) is 3. The van der Waals surface area contributed by atoms with Gasteiger partial charge in [-0.3, -0.25) is 0 Å². The third-order valence-electron chi connectivity index (χ3n) is 4.92. The second kappa shape index (κ2) is 8.29. The normalized spacial score (nSPS) is 15.5. The number of ether oxygens (including phenoxy) is 1. The van der Waals surface area contributed by atoms with Gasteiger partial charge in [0.05, 0.1) is 6.10 Å². The average molecular weight is 356 g/mol. The predicted molar refractivity (Wildman–Crippen MR) is 107 cm³/mol. The molecule has 0 bridgehead atoms. The third-order valence-corrected chi connectivity index (χ3v) is 6.02. The van der Waals surface area contributed by atoms with E-state index < -0.39 is 0 Å². The van der Waals surface area contributed by atoms with E-state index in [2.05, 4.69) is 74.0 Å². The van der Waals surface area contributed by atoms with Crippen LogP contribution < -0.4 is 9.46 Å². The van der Waals surface area contributed by atoms with Crippen molar-refractivity contribution in [1.29, 1.82) is 0 Å². The van der Waals surface area contributed by atoms with Crippen LogP contribution in [0.25, 0.3) is 0 Å². The van der Waals surface area contributed by atoms with Gasteiger partial charge in [-0.25, -0.2) is 4.72 Å². The zero-order valence-corrected chi connectivity index (χ0v) is 16.4. The molecule has 3 rings (SSSR count). The molecule has 3 heteroatoms. The zero-order valence-electron chi connectivity index (χ0n) is 15.5. The van der Waals surface area contributed by atoms with Gasteiger partial charge in [0.15, 0.2) is 0 Å². The molecule has 2 nitrogen and oxygen atoms in total. The number of nitrogens with one attached hydrogen (secondary N) is 1. The number of aryl methyl sites for hydroxylation is 1. The van der Waals surface area contributed by atoms with Crippen molar-refractivity contribution in [3.8, 4) is 5.75 Å². The van der Waals surface area contributed by atoms with Crippen molar-refractivity contribution in [1.82, 2.24) is 4.72 Å². The summed E-state index contributed by atoms with van der Waals surface area (Å²) >= 11 is 1.67. The van der Waals surface area contributed by atoms with E-state index in [1.807, 2.05) is 0 Å². The van der Waals surface area contributed by atoms with Crippen molar-refractivity contribution in [2.75, 3.05) is 0 Å². The topological polar surface area (TPSA) is 21.3 Å². The van der Waals surface area contributed by atoms with Crippen molar-refractivity contribution in [3.05, 3.63) is 59.7 Å². The maximum atomic E-state index is 6.12. The lowest BCUT2D eigenvalue weighted by Gasteiger charge is -2.26. The van der Waals surface area contributed by atoms with Crippen molar-refractivity contribution >= 4 is 11.9 Å². The smallest absolute Gasteiger partial charge is 0.120 e. The molecule has 2 aromatic carbocycles. The van der Waals surface area contributed by atoms with Gasteiger partial charge in [0.1, 0.15) is 5.75 Å². The highest BCUT2D eigenvalue weighted by Gasteiger charge is 2.20. The van der Waals surface area contributed by atoms with Crippen LogP contribution in [0, 0.1) is 0 Å². The monoisotopic (exact) mass is 355 g/mol. The standard InChI is InChI=1S/C22H29NOS/c1-4-17-12-14-18(15-13-17)22(2,3)23-25-21-11-7-10-20(16-21)24-19-8-5-6-9-19/h7,10-16,19,23H,4-6,8-9H2,1-3H3. The Hall–Kier alpha value is -1.45. The van der Waals surface area contributed by atoms with Crippen LogP contribution in [0.4, 0.5) is 0 Å². The van der Waals surface area contributed by atoms with E-state index in [1.165, 1.54) is 41.7 Å². The maximum absolute atomic E-state index is 6.12. The van der Waals surface area contributed by atoms with Gasteiger partial charge in [-0.05, 0) is 87.2 Å². The van der Waals surface area contributed by atoms with Gasteiger partial charge < -0.3 is 4.74 Å². The minimum Gasteiger partial charge on any atom is -0.490 e. The second-order valence-corrected chi connectivity index (χ2v) is 8.26. The molecule has 1 aliphatic rings. The van der Waals surface area contributed by atoms with Crippen LogP contribution in [0.3, 0.4) is 0 Å². The first-order chi connectivity index (χ1) is 12.1. The fourth-order valence-electron chi connectivity index (χ4n) is 3.21. The minimum atomic E-state index is -0.0980. The molecular weight excluding hydrogens is 326 g/mol. The Morgan fingerprint density at radius 3 is 2.48 bits per heavy atom. The van der Waals surface area contributed by atoms with Gasteiger partial charge >= 0.3 is 0 Å². The van der Waals surface area contributed by atoms with E-state index in [9.17, 15) is 0 Å². The van der Waals surface area contributed by atoms with Crippen molar-refractivity contribution in [3.63, 3.8) is 0 Å². The molecule has 25 heavy (non-hydrogen) atoms. The summed E-state index contributed by atoms with van der Waals surface area (Å²) in [6.45, 7) is 6.63. The van der Waals surface area contributed by atoms with Gasteiger partial charge in [-0.15, -0.1) is 0 Å². The molecule has 0 saturated heterocycles. The van der Waals surface area contributed by atoms with Crippen LogP contribution in [0.2, 0.25) is 0 Å². The Labute approximate surface area is 156 Å². The Morgan fingerprint density at radius 2 is 1.80 bits per heavy atom. The first kappa shape index (κ1) is 18.3. The highest BCUT2D eigenvalue weighted by molar-refractivity contribution is 7.97. The largest absolute Gasteiger partial charge is 0.490 e. The minimum absolute atomic E-state index is 0.0980. The van der Waals surface area contributed by atoms with E-state index in [0.717, 1.165) is 12.2 Å². The van der Waals surface area contributed by atoms with E-state index in [-0.39, 0.29) is 5.54 Å². The third kappa shape index (κ3) is 5.02. The van der Waals surface area contributed by atoms with E-state index in [0.29, 0.717) is 6.10 Å². The molecule has 0 heterocycles. The maximum Gasteiger partial charge on any atom is 0.120 e. The summed E-state index contributed by atoms with van der Waals surface area (Å²) in [5.74, 6) is 0.990. The summed E-state index contributed by atoms with van der Waals surface area (Å²) in [5.41, 5.74) is 2.58. The Bertz CT molecular complexity index is 675. The zero-order chi connectivity index (χ0) is 17.7. The molecule has 0 aliphatic heterocycles. The quantitative estimate of drug-likeness (QED) is 0.606. The number of benzene rings is 2. The molecule has 0 unspecified atom stereocenters. The summed E-state index contributed by atoms with van der Waals surface area (Å²) in [5, 5.41) is 0. The average Bonchev–Trinajstić information content (AvgIpc) is 3.13. The molecule has 1 saturated carbocycles. The predicted octanol–water partition coefficient (Wildman–Crippen LogP) is 6.10. The summed E-state index contributed by atoms with van der Waals surface area (Å²) < 4.78 is 9.73.